The van der Waals surface area contributed by atoms with E-state index in [1.807, 2.05) is 44.2 Å². The van der Waals surface area contributed by atoms with Gasteiger partial charge in [-0.25, -0.2) is 4.98 Å². The van der Waals surface area contributed by atoms with Crippen LogP contribution in [-0.4, -0.2) is 16.5 Å². The van der Waals surface area contributed by atoms with Crippen LogP contribution in [0.15, 0.2) is 34.8 Å². The first-order chi connectivity index (χ1) is 9.22. The molecule has 0 aliphatic heterocycles. The third-order valence-corrected chi connectivity index (χ3v) is 3.13. The molecule has 2 aromatic rings. The van der Waals surface area contributed by atoms with Crippen molar-refractivity contribution in [3.8, 4) is 11.6 Å². The standard InChI is InChI=1S/C14H16BrN3O/c1-3-12-17-13(16-4-2)9-14(18-12)19-11-8-6-5-7-10(11)15/h5-9H,3-4H2,1-2H3,(H,16,17,18). The largest absolute Gasteiger partial charge is 0.438 e. The van der Waals surface area contributed by atoms with Crippen molar-refractivity contribution in [1.82, 2.24) is 9.97 Å². The lowest BCUT2D eigenvalue weighted by atomic mass is 10.3. The van der Waals surface area contributed by atoms with Gasteiger partial charge in [-0.2, -0.15) is 4.98 Å². The van der Waals surface area contributed by atoms with Crippen LogP contribution in [0.3, 0.4) is 0 Å². The predicted octanol–water partition coefficient (Wildman–Crippen LogP) is 4.03. The minimum absolute atomic E-state index is 0.551. The molecular formula is C14H16BrN3O. The van der Waals surface area contributed by atoms with E-state index in [4.69, 9.17) is 4.74 Å². The number of benzene rings is 1. The monoisotopic (exact) mass is 321 g/mol. The Morgan fingerprint density at radius 2 is 2.00 bits per heavy atom. The summed E-state index contributed by atoms with van der Waals surface area (Å²) in [7, 11) is 0. The molecule has 0 saturated heterocycles. The maximum absolute atomic E-state index is 5.80. The van der Waals surface area contributed by atoms with Crippen LogP contribution >= 0.6 is 15.9 Å². The number of nitrogens with zero attached hydrogens (tertiary/aromatic N) is 2. The summed E-state index contributed by atoms with van der Waals surface area (Å²) in [5.74, 6) is 2.84. The van der Waals surface area contributed by atoms with Gasteiger partial charge < -0.3 is 10.1 Å². The predicted molar refractivity (Wildman–Crippen MR) is 79.8 cm³/mol. The van der Waals surface area contributed by atoms with Gasteiger partial charge in [-0.05, 0) is 35.0 Å². The van der Waals surface area contributed by atoms with Crippen LogP contribution in [0.25, 0.3) is 0 Å². The van der Waals surface area contributed by atoms with Crippen LogP contribution in [0.2, 0.25) is 0 Å². The van der Waals surface area contributed by atoms with E-state index in [0.29, 0.717) is 5.88 Å². The summed E-state index contributed by atoms with van der Waals surface area (Å²) in [6.45, 7) is 4.87. The van der Waals surface area contributed by atoms with Crippen molar-refractivity contribution in [1.29, 1.82) is 0 Å². The van der Waals surface area contributed by atoms with E-state index in [2.05, 4.69) is 31.2 Å². The molecule has 1 aromatic heterocycles. The Kier molecular flexibility index (Phi) is 4.74. The summed E-state index contributed by atoms with van der Waals surface area (Å²) >= 11 is 3.45. The van der Waals surface area contributed by atoms with Crippen molar-refractivity contribution >= 4 is 21.7 Å². The molecule has 0 radical (unpaired) electrons. The van der Waals surface area contributed by atoms with Crippen LogP contribution in [0, 0.1) is 0 Å². The van der Waals surface area contributed by atoms with Gasteiger partial charge in [-0.3, -0.25) is 0 Å². The number of ether oxygens (including phenoxy) is 1. The number of hydrogen-bond acceptors (Lipinski definition) is 4. The zero-order valence-electron chi connectivity index (χ0n) is 11.0. The van der Waals surface area contributed by atoms with Gasteiger partial charge >= 0.3 is 0 Å². The van der Waals surface area contributed by atoms with E-state index in [1.54, 1.807) is 0 Å². The molecule has 4 nitrogen and oxygen atoms in total. The highest BCUT2D eigenvalue weighted by Gasteiger charge is 2.07. The Bertz CT molecular complexity index is 560. The fourth-order valence-corrected chi connectivity index (χ4v) is 1.96. The van der Waals surface area contributed by atoms with Gasteiger partial charge in [0.05, 0.1) is 4.47 Å². The minimum Gasteiger partial charge on any atom is -0.438 e. The van der Waals surface area contributed by atoms with E-state index in [1.165, 1.54) is 0 Å². The molecule has 0 atom stereocenters. The zero-order valence-corrected chi connectivity index (χ0v) is 12.6. The number of hydrogen-bond donors (Lipinski definition) is 1. The Labute approximate surface area is 121 Å². The van der Waals surface area contributed by atoms with E-state index in [-0.39, 0.29) is 0 Å². The number of aryl methyl sites for hydroxylation is 1. The highest BCUT2D eigenvalue weighted by atomic mass is 79.9. The quantitative estimate of drug-likeness (QED) is 0.903. The lowest BCUT2D eigenvalue weighted by Gasteiger charge is -2.10. The van der Waals surface area contributed by atoms with Gasteiger partial charge in [-0.1, -0.05) is 19.1 Å². The van der Waals surface area contributed by atoms with Gasteiger partial charge in [0, 0.05) is 19.0 Å². The van der Waals surface area contributed by atoms with Crippen LogP contribution in [0.5, 0.6) is 11.6 Å². The second-order valence-electron chi connectivity index (χ2n) is 3.92. The molecule has 0 spiro atoms. The van der Waals surface area contributed by atoms with Gasteiger partial charge in [-0.15, -0.1) is 0 Å². The number of anilines is 1. The summed E-state index contributed by atoms with van der Waals surface area (Å²) in [5.41, 5.74) is 0. The van der Waals surface area contributed by atoms with Crippen LogP contribution < -0.4 is 10.1 Å². The van der Waals surface area contributed by atoms with E-state index >= 15 is 0 Å². The van der Waals surface area contributed by atoms with Crippen LogP contribution in [0.4, 0.5) is 5.82 Å². The Morgan fingerprint density at radius 1 is 1.21 bits per heavy atom. The summed E-state index contributed by atoms with van der Waals surface area (Å²) in [6.07, 6.45) is 0.769. The van der Waals surface area contributed by atoms with Gasteiger partial charge in [0.1, 0.15) is 17.4 Å². The first kappa shape index (κ1) is 13.8. The average molecular weight is 322 g/mol. The topological polar surface area (TPSA) is 47.0 Å². The van der Waals surface area contributed by atoms with Crippen molar-refractivity contribution in [3.63, 3.8) is 0 Å². The molecule has 19 heavy (non-hydrogen) atoms. The van der Waals surface area contributed by atoms with Gasteiger partial charge in [0.2, 0.25) is 5.88 Å². The number of halogens is 1. The highest BCUT2D eigenvalue weighted by molar-refractivity contribution is 9.10. The van der Waals surface area contributed by atoms with Crippen LogP contribution in [0.1, 0.15) is 19.7 Å². The molecular weight excluding hydrogens is 306 g/mol. The molecule has 1 heterocycles. The average Bonchev–Trinajstić information content (AvgIpc) is 2.41. The SMILES string of the molecule is CCNc1cc(Oc2ccccc2Br)nc(CC)n1. The molecule has 0 bridgehead atoms. The fourth-order valence-electron chi connectivity index (χ4n) is 1.59. The number of rotatable bonds is 5. The minimum atomic E-state index is 0.551. The third kappa shape index (κ3) is 3.67. The molecule has 1 aromatic carbocycles. The summed E-state index contributed by atoms with van der Waals surface area (Å²) < 4.78 is 6.70. The summed E-state index contributed by atoms with van der Waals surface area (Å²) in [5, 5.41) is 3.18. The van der Waals surface area contributed by atoms with Crippen molar-refractivity contribution in [3.05, 3.63) is 40.6 Å². The van der Waals surface area contributed by atoms with Crippen molar-refractivity contribution in [2.24, 2.45) is 0 Å². The first-order valence-electron chi connectivity index (χ1n) is 6.27. The normalized spacial score (nSPS) is 10.3. The second-order valence-corrected chi connectivity index (χ2v) is 4.78. The summed E-state index contributed by atoms with van der Waals surface area (Å²) in [4.78, 5) is 8.77. The molecule has 0 fully saturated rings. The zero-order chi connectivity index (χ0) is 13.7. The van der Waals surface area contributed by atoms with Gasteiger partial charge in [0.15, 0.2) is 0 Å². The maximum Gasteiger partial charge on any atom is 0.224 e. The number of para-hydroxylation sites is 1. The molecule has 0 amide bonds. The fraction of sp³-hybridized carbons (Fsp3) is 0.286. The lowest BCUT2D eigenvalue weighted by molar-refractivity contribution is 0.456. The lowest BCUT2D eigenvalue weighted by Crippen LogP contribution is -2.04. The second kappa shape index (κ2) is 6.52. The maximum atomic E-state index is 5.80. The van der Waals surface area contributed by atoms with Crippen molar-refractivity contribution < 1.29 is 4.74 Å². The molecule has 1 N–H and O–H groups in total. The molecule has 100 valence electrons. The molecule has 0 aliphatic carbocycles. The van der Waals surface area contributed by atoms with E-state index < -0.39 is 0 Å². The van der Waals surface area contributed by atoms with Gasteiger partial charge in [0.25, 0.3) is 0 Å². The smallest absolute Gasteiger partial charge is 0.224 e. The molecule has 0 aliphatic rings. The Hall–Kier alpha value is -1.62. The Morgan fingerprint density at radius 3 is 2.68 bits per heavy atom. The first-order valence-corrected chi connectivity index (χ1v) is 7.06. The van der Waals surface area contributed by atoms with Crippen molar-refractivity contribution in [2.45, 2.75) is 20.3 Å². The van der Waals surface area contributed by atoms with E-state index in [9.17, 15) is 0 Å². The molecule has 2 rings (SSSR count). The third-order valence-electron chi connectivity index (χ3n) is 2.47. The summed E-state index contributed by atoms with van der Waals surface area (Å²) in [6, 6.07) is 9.50. The molecule has 0 unspecified atom stereocenters. The molecule has 5 heteroatoms. The Balaban J connectivity index is 2.29. The number of nitrogens with one attached hydrogen (secondary N) is 1. The number of aromatic nitrogens is 2. The highest BCUT2D eigenvalue weighted by Crippen LogP contribution is 2.29. The molecule has 0 saturated carbocycles. The van der Waals surface area contributed by atoms with E-state index in [0.717, 1.165) is 34.8 Å². The van der Waals surface area contributed by atoms with Crippen LogP contribution in [-0.2, 0) is 6.42 Å². The van der Waals surface area contributed by atoms with Crippen molar-refractivity contribution in [2.75, 3.05) is 11.9 Å².